The van der Waals surface area contributed by atoms with Crippen molar-refractivity contribution in [1.29, 1.82) is 0 Å². The number of hydrogen-bond acceptors (Lipinski definition) is 6. The zero-order valence-corrected chi connectivity index (χ0v) is 20.1. The van der Waals surface area contributed by atoms with Gasteiger partial charge in [-0.05, 0) is 43.0 Å². The zero-order valence-electron chi connectivity index (χ0n) is 18.5. The van der Waals surface area contributed by atoms with Crippen LogP contribution in [-0.2, 0) is 39.1 Å². The van der Waals surface area contributed by atoms with Gasteiger partial charge in [-0.15, -0.1) is 11.3 Å². The lowest BCUT2D eigenvalue weighted by Crippen LogP contribution is -2.40. The summed E-state index contributed by atoms with van der Waals surface area (Å²) in [7, 11) is -3.42. The van der Waals surface area contributed by atoms with E-state index in [2.05, 4.69) is 29.3 Å². The van der Waals surface area contributed by atoms with Crippen LogP contribution in [0.1, 0.15) is 35.8 Å². The van der Waals surface area contributed by atoms with Crippen LogP contribution in [-0.4, -0.2) is 62.4 Å². The third-order valence-corrected chi connectivity index (χ3v) is 9.29. The molecule has 4 rings (SSSR count). The van der Waals surface area contributed by atoms with E-state index in [-0.39, 0.29) is 18.4 Å². The Labute approximate surface area is 194 Å². The number of amides is 1. The first-order chi connectivity index (χ1) is 15.4. The number of morpholine rings is 1. The van der Waals surface area contributed by atoms with E-state index in [1.54, 1.807) is 12.1 Å². The number of nitrogens with zero attached hydrogens (tertiary/aromatic N) is 2. The van der Waals surface area contributed by atoms with E-state index in [1.807, 2.05) is 12.1 Å². The lowest BCUT2D eigenvalue weighted by Gasteiger charge is -2.31. The van der Waals surface area contributed by atoms with Crippen LogP contribution in [0, 0.1) is 0 Å². The Morgan fingerprint density at radius 2 is 1.94 bits per heavy atom. The highest BCUT2D eigenvalue weighted by atomic mass is 32.2. The number of sulfonamides is 1. The van der Waals surface area contributed by atoms with Gasteiger partial charge in [0.25, 0.3) is 10.0 Å². The van der Waals surface area contributed by atoms with Gasteiger partial charge < -0.3 is 10.1 Å². The molecule has 0 bridgehead atoms. The van der Waals surface area contributed by atoms with Gasteiger partial charge in [0.1, 0.15) is 4.21 Å². The van der Waals surface area contributed by atoms with E-state index in [0.717, 1.165) is 49.5 Å². The predicted molar refractivity (Wildman–Crippen MR) is 125 cm³/mol. The minimum absolute atomic E-state index is 0.107. The van der Waals surface area contributed by atoms with Gasteiger partial charge in [0.2, 0.25) is 5.91 Å². The standard InChI is InChI=1S/C23H31N3O4S2/c1-18-16-25(11-12-30-18)17-20-6-4-5-19(13-20)15-24-22(27)14-21-7-8-23(31-21)32(28,29)26-9-2-3-10-26/h4-8,13,18H,2-3,9-12,14-17H2,1H3,(H,24,27). The van der Waals surface area contributed by atoms with Gasteiger partial charge in [-0.2, -0.15) is 4.31 Å². The van der Waals surface area contributed by atoms with Crippen LogP contribution in [0.2, 0.25) is 0 Å². The molecule has 2 aliphatic heterocycles. The summed E-state index contributed by atoms with van der Waals surface area (Å²) in [6, 6.07) is 11.6. The van der Waals surface area contributed by atoms with Gasteiger partial charge in [-0.1, -0.05) is 24.3 Å². The normalized spacial score (nSPS) is 20.5. The Bertz CT molecular complexity index is 1030. The summed E-state index contributed by atoms with van der Waals surface area (Å²) in [5, 5.41) is 2.96. The van der Waals surface area contributed by atoms with E-state index >= 15 is 0 Å². The zero-order chi connectivity index (χ0) is 22.6. The van der Waals surface area contributed by atoms with E-state index in [0.29, 0.717) is 23.8 Å². The molecule has 32 heavy (non-hydrogen) atoms. The van der Waals surface area contributed by atoms with Crippen molar-refractivity contribution < 1.29 is 17.9 Å². The summed E-state index contributed by atoms with van der Waals surface area (Å²) in [6.45, 7) is 7.21. The average molecular weight is 478 g/mol. The third kappa shape index (κ3) is 5.96. The molecule has 1 N–H and O–H groups in total. The van der Waals surface area contributed by atoms with Crippen molar-refractivity contribution in [3.63, 3.8) is 0 Å². The second-order valence-electron chi connectivity index (χ2n) is 8.52. The van der Waals surface area contributed by atoms with Crippen molar-refractivity contribution in [2.75, 3.05) is 32.8 Å². The Balaban J connectivity index is 1.28. The molecule has 0 saturated carbocycles. The van der Waals surface area contributed by atoms with Crippen LogP contribution in [0.5, 0.6) is 0 Å². The van der Waals surface area contributed by atoms with Crippen molar-refractivity contribution in [3.05, 3.63) is 52.4 Å². The average Bonchev–Trinajstić information content (AvgIpc) is 3.46. The highest BCUT2D eigenvalue weighted by molar-refractivity contribution is 7.91. The first kappa shape index (κ1) is 23.4. The van der Waals surface area contributed by atoms with Crippen LogP contribution in [0.4, 0.5) is 0 Å². The summed E-state index contributed by atoms with van der Waals surface area (Å²) >= 11 is 1.19. The molecule has 0 radical (unpaired) electrons. The highest BCUT2D eigenvalue weighted by Gasteiger charge is 2.28. The number of rotatable bonds is 8. The van der Waals surface area contributed by atoms with Gasteiger partial charge in [0, 0.05) is 44.1 Å². The second kappa shape index (κ2) is 10.4. The smallest absolute Gasteiger partial charge is 0.252 e. The molecule has 0 spiro atoms. The number of nitrogens with one attached hydrogen (secondary N) is 1. The van der Waals surface area contributed by atoms with Crippen LogP contribution >= 0.6 is 11.3 Å². The molecule has 1 unspecified atom stereocenters. The van der Waals surface area contributed by atoms with Crippen LogP contribution in [0.3, 0.4) is 0 Å². The van der Waals surface area contributed by atoms with Crippen molar-refractivity contribution >= 4 is 27.3 Å². The largest absolute Gasteiger partial charge is 0.376 e. The molecule has 3 heterocycles. The maximum absolute atomic E-state index is 12.7. The maximum Gasteiger partial charge on any atom is 0.252 e. The topological polar surface area (TPSA) is 79.0 Å². The molecule has 1 atom stereocenters. The summed E-state index contributed by atoms with van der Waals surface area (Å²) in [6.07, 6.45) is 2.26. The molecule has 2 aromatic rings. The molecule has 1 aromatic heterocycles. The predicted octanol–water partition coefficient (Wildman–Crippen LogP) is 2.61. The van der Waals surface area contributed by atoms with E-state index < -0.39 is 10.0 Å². The molecule has 7 nitrogen and oxygen atoms in total. The molecular weight excluding hydrogens is 446 g/mol. The van der Waals surface area contributed by atoms with Gasteiger partial charge in [-0.25, -0.2) is 8.42 Å². The number of ether oxygens (including phenoxy) is 1. The fourth-order valence-electron chi connectivity index (χ4n) is 4.20. The van der Waals surface area contributed by atoms with E-state index in [4.69, 9.17) is 4.74 Å². The van der Waals surface area contributed by atoms with Crippen molar-refractivity contribution in [3.8, 4) is 0 Å². The van der Waals surface area contributed by atoms with Crippen LogP contribution < -0.4 is 5.32 Å². The molecule has 2 saturated heterocycles. The molecule has 1 aromatic carbocycles. The van der Waals surface area contributed by atoms with Crippen LogP contribution in [0.25, 0.3) is 0 Å². The highest BCUT2D eigenvalue weighted by Crippen LogP contribution is 2.27. The molecule has 174 valence electrons. The Hall–Kier alpha value is -1.78. The first-order valence-corrected chi connectivity index (χ1v) is 13.4. The van der Waals surface area contributed by atoms with Crippen molar-refractivity contribution in [1.82, 2.24) is 14.5 Å². The fourth-order valence-corrected chi connectivity index (χ4v) is 7.23. The lowest BCUT2D eigenvalue weighted by molar-refractivity contribution is -0.120. The summed E-state index contributed by atoms with van der Waals surface area (Å²) in [5.74, 6) is -0.107. The minimum atomic E-state index is -3.42. The number of carbonyl (C=O) groups excluding carboxylic acids is 1. The third-order valence-electron chi connectivity index (χ3n) is 5.84. The summed E-state index contributed by atoms with van der Waals surface area (Å²) in [4.78, 5) is 15.6. The number of thiophene rings is 1. The Morgan fingerprint density at radius 1 is 1.16 bits per heavy atom. The molecule has 1 amide bonds. The Kier molecular flexibility index (Phi) is 7.63. The van der Waals surface area contributed by atoms with Gasteiger partial charge >= 0.3 is 0 Å². The molecule has 9 heteroatoms. The number of benzene rings is 1. The lowest BCUT2D eigenvalue weighted by atomic mass is 10.1. The molecule has 2 fully saturated rings. The number of carbonyl (C=O) groups is 1. The van der Waals surface area contributed by atoms with Gasteiger partial charge in [0.05, 0.1) is 19.1 Å². The summed E-state index contributed by atoms with van der Waals surface area (Å²) in [5.41, 5.74) is 2.28. The second-order valence-corrected chi connectivity index (χ2v) is 11.9. The van der Waals surface area contributed by atoms with Crippen molar-refractivity contribution in [2.45, 2.75) is 49.6 Å². The monoisotopic (exact) mass is 477 g/mol. The van der Waals surface area contributed by atoms with Crippen molar-refractivity contribution in [2.24, 2.45) is 0 Å². The van der Waals surface area contributed by atoms with E-state index in [9.17, 15) is 13.2 Å². The first-order valence-electron chi connectivity index (χ1n) is 11.2. The van der Waals surface area contributed by atoms with Crippen LogP contribution in [0.15, 0.2) is 40.6 Å². The summed E-state index contributed by atoms with van der Waals surface area (Å²) < 4.78 is 32.8. The van der Waals surface area contributed by atoms with E-state index in [1.165, 1.54) is 21.2 Å². The molecule has 2 aliphatic rings. The Morgan fingerprint density at radius 3 is 2.72 bits per heavy atom. The van der Waals surface area contributed by atoms with Gasteiger partial charge in [0.15, 0.2) is 0 Å². The number of hydrogen-bond donors (Lipinski definition) is 1. The SMILES string of the molecule is CC1CN(Cc2cccc(CNC(=O)Cc3ccc(S(=O)(=O)N4CCCC4)s3)c2)CCO1. The molecule has 0 aliphatic carbocycles. The molecular formula is C23H31N3O4S2. The maximum atomic E-state index is 12.7. The minimum Gasteiger partial charge on any atom is -0.376 e. The quantitative estimate of drug-likeness (QED) is 0.632. The van der Waals surface area contributed by atoms with Gasteiger partial charge in [-0.3, -0.25) is 9.69 Å². The fraction of sp³-hybridized carbons (Fsp3) is 0.522.